The van der Waals surface area contributed by atoms with Crippen molar-refractivity contribution < 1.29 is 9.50 Å². The molecule has 2 rings (SSSR count). The molecule has 1 heterocycles. The molecule has 0 saturated heterocycles. The number of hydrogen-bond donors (Lipinski definition) is 2. The highest BCUT2D eigenvalue weighted by Crippen LogP contribution is 2.29. The van der Waals surface area contributed by atoms with Crippen molar-refractivity contribution in [1.82, 2.24) is 4.98 Å². The lowest BCUT2D eigenvalue weighted by Gasteiger charge is -2.08. The summed E-state index contributed by atoms with van der Waals surface area (Å²) in [6, 6.07) is 4.36. The smallest absolute Gasteiger partial charge is 0.180 e. The minimum Gasteiger partial charge on any atom is -0.383 e. The maximum atomic E-state index is 13.0. The number of aliphatic hydroxyl groups is 1. The second-order valence-corrected chi connectivity index (χ2v) is 5.13. The van der Waals surface area contributed by atoms with Crippen molar-refractivity contribution in [1.29, 1.82) is 0 Å². The molecular weight excluding hydrogens is 295 g/mol. The molecule has 0 amide bonds. The zero-order valence-electron chi connectivity index (χ0n) is 8.02. The van der Waals surface area contributed by atoms with Crippen LogP contribution in [0, 0.1) is 5.82 Å². The minimum atomic E-state index is -0.827. The molecular formula is C10H8BrFN2OS. The Morgan fingerprint density at radius 2 is 2.25 bits per heavy atom. The summed E-state index contributed by atoms with van der Waals surface area (Å²) >= 11 is 4.28. The maximum Gasteiger partial charge on any atom is 0.180 e. The van der Waals surface area contributed by atoms with E-state index in [-0.39, 0.29) is 5.82 Å². The zero-order valence-corrected chi connectivity index (χ0v) is 10.4. The standard InChI is InChI=1S/C10H8BrFN2OS/c11-6-3-5(1-2-7(6)12)9(15)8-4-14-10(13)16-8/h1-4,9,15H,(H2,13,14). The summed E-state index contributed by atoms with van der Waals surface area (Å²) in [6.45, 7) is 0. The molecule has 0 saturated carbocycles. The molecule has 0 aliphatic carbocycles. The first kappa shape index (κ1) is 11.5. The lowest BCUT2D eigenvalue weighted by Crippen LogP contribution is -1.97. The molecule has 0 radical (unpaired) electrons. The highest BCUT2D eigenvalue weighted by atomic mass is 79.9. The normalized spacial score (nSPS) is 12.7. The van der Waals surface area contributed by atoms with Gasteiger partial charge in [0.1, 0.15) is 11.9 Å². The van der Waals surface area contributed by atoms with E-state index in [9.17, 15) is 9.50 Å². The Labute approximate surface area is 104 Å². The van der Waals surface area contributed by atoms with E-state index in [2.05, 4.69) is 20.9 Å². The number of aromatic nitrogens is 1. The van der Waals surface area contributed by atoms with E-state index in [1.54, 1.807) is 0 Å². The van der Waals surface area contributed by atoms with Crippen LogP contribution in [-0.2, 0) is 0 Å². The van der Waals surface area contributed by atoms with Crippen molar-refractivity contribution in [3.8, 4) is 0 Å². The van der Waals surface area contributed by atoms with Gasteiger partial charge < -0.3 is 10.8 Å². The number of nitrogens with two attached hydrogens (primary N) is 1. The highest BCUT2D eigenvalue weighted by molar-refractivity contribution is 9.10. The molecule has 0 aliphatic rings. The van der Waals surface area contributed by atoms with Gasteiger partial charge >= 0.3 is 0 Å². The van der Waals surface area contributed by atoms with Crippen molar-refractivity contribution in [3.05, 3.63) is 45.1 Å². The first-order valence-corrected chi connectivity index (χ1v) is 6.03. The molecule has 3 N–H and O–H groups in total. The summed E-state index contributed by atoms with van der Waals surface area (Å²) in [5.74, 6) is -0.361. The van der Waals surface area contributed by atoms with E-state index in [0.29, 0.717) is 20.0 Å². The van der Waals surface area contributed by atoms with Crippen molar-refractivity contribution >= 4 is 32.4 Å². The molecule has 2 aromatic rings. The summed E-state index contributed by atoms with van der Waals surface area (Å²) in [5.41, 5.74) is 6.07. The average Bonchev–Trinajstić information content (AvgIpc) is 2.68. The maximum absolute atomic E-state index is 13.0. The number of hydrogen-bond acceptors (Lipinski definition) is 4. The molecule has 16 heavy (non-hydrogen) atoms. The number of thiazole rings is 1. The fourth-order valence-corrected chi connectivity index (χ4v) is 2.37. The van der Waals surface area contributed by atoms with Gasteiger partial charge in [0.2, 0.25) is 0 Å². The monoisotopic (exact) mass is 302 g/mol. The van der Waals surface area contributed by atoms with Crippen LogP contribution in [0.15, 0.2) is 28.9 Å². The van der Waals surface area contributed by atoms with Crippen LogP contribution in [0.1, 0.15) is 16.5 Å². The minimum absolute atomic E-state index is 0.321. The Bertz CT molecular complexity index is 517. The van der Waals surface area contributed by atoms with Gasteiger partial charge in [-0.1, -0.05) is 17.4 Å². The molecule has 0 bridgehead atoms. The highest BCUT2D eigenvalue weighted by Gasteiger charge is 2.14. The van der Waals surface area contributed by atoms with Crippen molar-refractivity contribution in [2.45, 2.75) is 6.10 Å². The van der Waals surface area contributed by atoms with Gasteiger partial charge in [-0.25, -0.2) is 9.37 Å². The van der Waals surface area contributed by atoms with Crippen molar-refractivity contribution in [2.75, 3.05) is 5.73 Å². The fourth-order valence-electron chi connectivity index (χ4n) is 1.27. The quantitative estimate of drug-likeness (QED) is 0.897. The lowest BCUT2D eigenvalue weighted by molar-refractivity contribution is 0.223. The number of aliphatic hydroxyl groups excluding tert-OH is 1. The fraction of sp³-hybridized carbons (Fsp3) is 0.100. The van der Waals surface area contributed by atoms with E-state index in [0.717, 1.165) is 0 Å². The number of nitrogen functional groups attached to an aromatic ring is 1. The first-order valence-electron chi connectivity index (χ1n) is 4.42. The van der Waals surface area contributed by atoms with Crippen molar-refractivity contribution in [2.24, 2.45) is 0 Å². The summed E-state index contributed by atoms with van der Waals surface area (Å²) in [5, 5.41) is 10.4. The van der Waals surface area contributed by atoms with E-state index in [1.807, 2.05) is 0 Å². The molecule has 1 aromatic carbocycles. The average molecular weight is 303 g/mol. The third-order valence-electron chi connectivity index (χ3n) is 2.07. The predicted molar refractivity (Wildman–Crippen MR) is 64.7 cm³/mol. The third-order valence-corrected chi connectivity index (χ3v) is 3.56. The summed E-state index contributed by atoms with van der Waals surface area (Å²) in [6.07, 6.45) is 0.689. The molecule has 0 spiro atoms. The van der Waals surface area contributed by atoms with Gasteiger partial charge in [0, 0.05) is 6.20 Å². The van der Waals surface area contributed by atoms with Crippen LogP contribution < -0.4 is 5.73 Å². The molecule has 6 heteroatoms. The second-order valence-electron chi connectivity index (χ2n) is 3.18. The summed E-state index contributed by atoms with van der Waals surface area (Å²) < 4.78 is 13.3. The summed E-state index contributed by atoms with van der Waals surface area (Å²) in [4.78, 5) is 4.49. The van der Waals surface area contributed by atoms with Gasteiger partial charge in [0.15, 0.2) is 5.13 Å². The molecule has 1 unspecified atom stereocenters. The van der Waals surface area contributed by atoms with Crippen LogP contribution in [0.5, 0.6) is 0 Å². The van der Waals surface area contributed by atoms with Gasteiger partial charge in [-0.15, -0.1) is 0 Å². The zero-order chi connectivity index (χ0) is 11.7. The molecule has 0 aliphatic heterocycles. The number of benzene rings is 1. The molecule has 1 atom stereocenters. The van der Waals surface area contributed by atoms with E-state index >= 15 is 0 Å². The van der Waals surface area contributed by atoms with Crippen molar-refractivity contribution in [3.63, 3.8) is 0 Å². The number of anilines is 1. The van der Waals surface area contributed by atoms with Gasteiger partial charge in [-0.3, -0.25) is 0 Å². The van der Waals surface area contributed by atoms with Gasteiger partial charge in [-0.2, -0.15) is 0 Å². The van der Waals surface area contributed by atoms with Crippen LogP contribution >= 0.6 is 27.3 Å². The van der Waals surface area contributed by atoms with E-state index in [4.69, 9.17) is 5.73 Å². The van der Waals surface area contributed by atoms with E-state index < -0.39 is 6.10 Å². The third kappa shape index (κ3) is 2.23. The Morgan fingerprint density at radius 1 is 1.50 bits per heavy atom. The Kier molecular flexibility index (Phi) is 3.22. The largest absolute Gasteiger partial charge is 0.383 e. The molecule has 0 fully saturated rings. The number of halogens is 2. The first-order chi connectivity index (χ1) is 7.58. The number of rotatable bonds is 2. The SMILES string of the molecule is Nc1ncc(C(O)c2ccc(F)c(Br)c2)s1. The molecule has 1 aromatic heterocycles. The van der Waals surface area contributed by atoms with Crippen LogP contribution in [0.3, 0.4) is 0 Å². The van der Waals surface area contributed by atoms with Gasteiger partial charge in [-0.05, 0) is 33.6 Å². The van der Waals surface area contributed by atoms with Gasteiger partial charge in [0.05, 0.1) is 9.35 Å². The topological polar surface area (TPSA) is 59.1 Å². The Hall–Kier alpha value is -0.980. The predicted octanol–water partition coefficient (Wildman–Crippen LogP) is 2.71. The number of nitrogens with zero attached hydrogens (tertiary/aromatic N) is 1. The lowest BCUT2D eigenvalue weighted by atomic mass is 10.1. The van der Waals surface area contributed by atoms with Gasteiger partial charge in [0.25, 0.3) is 0 Å². The van der Waals surface area contributed by atoms with Crippen LogP contribution in [0.4, 0.5) is 9.52 Å². The van der Waals surface area contributed by atoms with E-state index in [1.165, 1.54) is 35.7 Å². The van der Waals surface area contributed by atoms with Crippen LogP contribution in [0.25, 0.3) is 0 Å². The summed E-state index contributed by atoms with van der Waals surface area (Å²) in [7, 11) is 0. The second kappa shape index (κ2) is 4.48. The molecule has 3 nitrogen and oxygen atoms in total. The molecule has 84 valence electrons. The Morgan fingerprint density at radius 3 is 2.81 bits per heavy atom. The van der Waals surface area contributed by atoms with Crippen LogP contribution in [0.2, 0.25) is 0 Å². The van der Waals surface area contributed by atoms with Crippen LogP contribution in [-0.4, -0.2) is 10.1 Å². The Balaban J connectivity index is 2.33.